The Bertz CT molecular complexity index is 1700. The number of imide groups is 1. The van der Waals surface area contributed by atoms with E-state index in [2.05, 4.69) is 16.0 Å². The average molecular weight is 716 g/mol. The molecule has 5 aliphatic rings. The fourth-order valence-corrected chi connectivity index (χ4v) is 8.49. The molecule has 2 fully saturated rings. The summed E-state index contributed by atoms with van der Waals surface area (Å²) < 4.78 is 24.9. The quantitative estimate of drug-likeness (QED) is 0.204. The zero-order chi connectivity index (χ0) is 37.4. The third kappa shape index (κ3) is 5.59. The van der Waals surface area contributed by atoms with Gasteiger partial charge in [-0.3, -0.25) is 24.6 Å². The maximum absolute atomic E-state index is 13.7. The first-order chi connectivity index (χ1) is 23.8. The molecule has 2 aliphatic heterocycles. The summed E-state index contributed by atoms with van der Waals surface area (Å²) in [5, 5.41) is 57.7. The first-order valence-electron chi connectivity index (χ1n) is 17.1. The first kappa shape index (κ1) is 37.0. The van der Waals surface area contributed by atoms with Gasteiger partial charge in [0.05, 0.1) is 50.3 Å². The molecule has 0 aromatic heterocycles. The van der Waals surface area contributed by atoms with Gasteiger partial charge in [0.2, 0.25) is 23.4 Å². The summed E-state index contributed by atoms with van der Waals surface area (Å²) in [5.74, 6) is -9.68. The van der Waals surface area contributed by atoms with Gasteiger partial charge >= 0.3 is 0 Å². The van der Waals surface area contributed by atoms with Crippen molar-refractivity contribution in [2.75, 3.05) is 71.4 Å². The number of hydrogen-bond acceptors (Lipinski definition) is 14. The molecule has 2 spiro atoms. The molecule has 280 valence electrons. The number of benzene rings is 1. The van der Waals surface area contributed by atoms with Gasteiger partial charge in [0.25, 0.3) is 5.91 Å². The highest BCUT2D eigenvalue weighted by molar-refractivity contribution is 6.05. The van der Waals surface area contributed by atoms with Crippen LogP contribution in [0.3, 0.4) is 0 Å². The molecule has 3 aliphatic carbocycles. The van der Waals surface area contributed by atoms with Gasteiger partial charge in [-0.25, -0.2) is 0 Å². The van der Waals surface area contributed by atoms with Crippen molar-refractivity contribution in [3.63, 3.8) is 0 Å². The molecule has 2 saturated heterocycles. The number of anilines is 2. The summed E-state index contributed by atoms with van der Waals surface area (Å²) in [7, 11) is 6.96. The highest BCUT2D eigenvalue weighted by Gasteiger charge is 2.75. The Morgan fingerprint density at radius 2 is 1.59 bits per heavy atom. The third-order valence-electron chi connectivity index (χ3n) is 10.4. The number of ether oxygens (including phenoxy) is 4. The van der Waals surface area contributed by atoms with Crippen molar-refractivity contribution in [1.82, 2.24) is 15.5 Å². The van der Waals surface area contributed by atoms with E-state index in [0.29, 0.717) is 11.3 Å². The molecule has 51 heavy (non-hydrogen) atoms. The zero-order valence-corrected chi connectivity index (χ0v) is 30.3. The van der Waals surface area contributed by atoms with Crippen LogP contribution < -0.4 is 20.9 Å². The lowest BCUT2D eigenvalue weighted by molar-refractivity contribution is -0.281. The minimum Gasteiger partial charge on any atom is -0.510 e. The maximum Gasteiger partial charge on any atom is 0.262 e. The fraction of sp³-hybridized carbons (Fsp3) is 0.629. The second kappa shape index (κ2) is 12.7. The number of aliphatic hydroxyl groups is 3. The lowest BCUT2D eigenvalue weighted by Crippen LogP contribution is -2.72. The Morgan fingerprint density at radius 1 is 0.980 bits per heavy atom. The molecule has 16 nitrogen and oxygen atoms in total. The summed E-state index contributed by atoms with van der Waals surface area (Å²) in [6, 6.07) is 0.625. The summed E-state index contributed by atoms with van der Waals surface area (Å²) in [4.78, 5) is 42.3. The van der Waals surface area contributed by atoms with Crippen LogP contribution >= 0.6 is 0 Å². The van der Waals surface area contributed by atoms with E-state index in [1.54, 1.807) is 25.1 Å². The van der Waals surface area contributed by atoms with Crippen LogP contribution in [0, 0.1) is 11.8 Å². The van der Waals surface area contributed by atoms with Crippen LogP contribution in [0.25, 0.3) is 0 Å². The highest BCUT2D eigenvalue weighted by atomic mass is 16.8. The topological polar surface area (TPSA) is 212 Å². The van der Waals surface area contributed by atoms with E-state index in [4.69, 9.17) is 18.9 Å². The second-order valence-corrected chi connectivity index (χ2v) is 15.3. The maximum atomic E-state index is 13.7. The number of likely N-dealkylation sites (N-methyl/N-ethyl adjacent to an activating group) is 1. The van der Waals surface area contributed by atoms with Gasteiger partial charge in [-0.15, -0.1) is 0 Å². The highest BCUT2D eigenvalue weighted by Crippen LogP contribution is 2.64. The van der Waals surface area contributed by atoms with Gasteiger partial charge in [-0.2, -0.15) is 0 Å². The zero-order valence-electron chi connectivity index (χ0n) is 30.3. The first-order valence-corrected chi connectivity index (χ1v) is 17.1. The molecule has 6 rings (SSSR count). The Morgan fingerprint density at radius 3 is 2.14 bits per heavy atom. The average Bonchev–Trinajstić information content (AvgIpc) is 3.70. The van der Waals surface area contributed by atoms with E-state index < -0.39 is 69.9 Å². The predicted octanol–water partition coefficient (Wildman–Crippen LogP) is 0.882. The number of hydrogen-bond donors (Lipinski definition) is 7. The second-order valence-electron chi connectivity index (χ2n) is 15.3. The van der Waals surface area contributed by atoms with Crippen molar-refractivity contribution in [2.24, 2.45) is 11.8 Å². The van der Waals surface area contributed by atoms with Crippen LogP contribution in [0.4, 0.5) is 11.4 Å². The Hall–Kier alpha value is -3.77. The summed E-state index contributed by atoms with van der Waals surface area (Å²) in [6.07, 6.45) is 0.338. The molecule has 1 aromatic carbocycles. The van der Waals surface area contributed by atoms with E-state index in [0.717, 1.165) is 6.92 Å². The predicted molar refractivity (Wildman–Crippen MR) is 183 cm³/mol. The molecular weight excluding hydrogens is 666 g/mol. The number of phenolic OH excluding ortho intramolecular Hbond substituents is 1. The number of nitrogens with zero attached hydrogens (tertiary/aromatic N) is 2. The number of fused-ring (bicyclic) bond motifs is 6. The molecule has 7 N–H and O–H groups in total. The van der Waals surface area contributed by atoms with Crippen molar-refractivity contribution >= 4 is 29.1 Å². The molecule has 4 atom stereocenters. The van der Waals surface area contributed by atoms with Crippen LogP contribution in [0.2, 0.25) is 0 Å². The van der Waals surface area contributed by atoms with Crippen LogP contribution in [-0.4, -0.2) is 127 Å². The number of amides is 3. The molecule has 0 bridgehead atoms. The number of aliphatic hydroxyl groups excluding tert-OH is 2. The number of phenols is 1. The van der Waals surface area contributed by atoms with Crippen LogP contribution in [0.5, 0.6) is 5.75 Å². The molecule has 16 heteroatoms. The number of carbonyl (C=O) groups excluding carboxylic acids is 3. The van der Waals surface area contributed by atoms with Crippen molar-refractivity contribution < 1.29 is 53.8 Å². The molecule has 0 saturated carbocycles. The van der Waals surface area contributed by atoms with Crippen molar-refractivity contribution in [2.45, 2.75) is 69.3 Å². The SMILES string of the molecule is CC(=O)NC(=O)C1=C(O)[C@@H](N(C)C)[C@@H]2C[C@@H]3Cc4c(N(C)C)cc(NC(=O)CNC(C)(C)C)c(O)c4C4(OCCO4)C3=C(O)[C@]2(O)C12OCCO2. The minimum absolute atomic E-state index is 0.0348. The van der Waals surface area contributed by atoms with Crippen molar-refractivity contribution in [1.29, 1.82) is 0 Å². The van der Waals surface area contributed by atoms with E-state index >= 15 is 0 Å². The minimum atomic E-state index is -2.54. The Labute approximate surface area is 296 Å². The molecule has 3 amide bonds. The fourth-order valence-electron chi connectivity index (χ4n) is 8.49. The largest absolute Gasteiger partial charge is 0.510 e. The molecule has 0 unspecified atom stereocenters. The lowest BCUT2D eigenvalue weighted by Gasteiger charge is -2.58. The molecule has 2 heterocycles. The molecule has 1 aromatic rings. The van der Waals surface area contributed by atoms with Crippen LogP contribution in [0.15, 0.2) is 28.7 Å². The van der Waals surface area contributed by atoms with Gasteiger partial charge in [-0.1, -0.05) is 0 Å². The molecule has 0 radical (unpaired) electrons. The van der Waals surface area contributed by atoms with Crippen LogP contribution in [-0.2, 0) is 45.5 Å². The third-order valence-corrected chi connectivity index (χ3v) is 10.4. The van der Waals surface area contributed by atoms with E-state index in [1.165, 1.54) is 0 Å². The van der Waals surface area contributed by atoms with E-state index in [1.807, 2.05) is 39.8 Å². The Kier molecular flexibility index (Phi) is 9.23. The lowest BCUT2D eigenvalue weighted by atomic mass is 9.56. The van der Waals surface area contributed by atoms with Gasteiger partial charge in [0.1, 0.15) is 22.8 Å². The van der Waals surface area contributed by atoms with Gasteiger partial charge in [0, 0.05) is 43.7 Å². The Balaban J connectivity index is 1.59. The number of aromatic hydroxyl groups is 1. The normalized spacial score (nSPS) is 27.8. The van der Waals surface area contributed by atoms with Crippen molar-refractivity contribution in [3.8, 4) is 5.75 Å². The number of carbonyl (C=O) groups is 3. The van der Waals surface area contributed by atoms with Gasteiger partial charge in [-0.05, 0) is 65.3 Å². The smallest absolute Gasteiger partial charge is 0.262 e. The summed E-state index contributed by atoms with van der Waals surface area (Å²) in [5.41, 5.74) is -1.81. The number of nitrogens with one attached hydrogen (secondary N) is 3. The van der Waals surface area contributed by atoms with Gasteiger partial charge in [0.15, 0.2) is 5.60 Å². The summed E-state index contributed by atoms with van der Waals surface area (Å²) in [6.45, 7) is 6.74. The van der Waals surface area contributed by atoms with E-state index in [9.17, 15) is 34.8 Å². The number of rotatable bonds is 6. The van der Waals surface area contributed by atoms with Gasteiger partial charge < -0.3 is 54.9 Å². The van der Waals surface area contributed by atoms with Crippen molar-refractivity contribution in [3.05, 3.63) is 39.9 Å². The standard InChI is InChI=1S/C35H49N5O11/c1-17(41)37-31(46)26-29(44)27(40(7)8)20-14-18-13-19-22(39(5)6)15-21(38-23(42)16-36-32(2,3)4)28(43)25(19)34(48-9-10-49-34)24(18)30(45)33(20,47)35(26)50-11-12-51-35/h15,18,20,27,36,43-45,47H,9-14,16H2,1-8H3,(H,38,42)(H,37,41,46)/t18-,20-,27-,33-/m0/s1. The van der Waals surface area contributed by atoms with E-state index in [-0.39, 0.29) is 73.9 Å². The molecular formula is C35H49N5O11. The summed E-state index contributed by atoms with van der Waals surface area (Å²) >= 11 is 0. The monoisotopic (exact) mass is 715 g/mol. The van der Waals surface area contributed by atoms with Crippen LogP contribution in [0.1, 0.15) is 45.2 Å².